The lowest BCUT2D eigenvalue weighted by atomic mass is 9.91. The molecule has 3 nitrogen and oxygen atoms in total. The average Bonchev–Trinajstić information content (AvgIpc) is 2.32. The molecule has 2 unspecified atom stereocenters. The minimum atomic E-state index is 0.242. The van der Waals surface area contributed by atoms with Gasteiger partial charge in [0.15, 0.2) is 0 Å². The Kier molecular flexibility index (Phi) is 5.48. The van der Waals surface area contributed by atoms with Gasteiger partial charge in [-0.15, -0.1) is 0 Å². The molecule has 0 radical (unpaired) electrons. The largest absolute Gasteiger partial charge is 0.353 e. The Morgan fingerprint density at radius 3 is 2.39 bits per heavy atom. The van der Waals surface area contributed by atoms with Crippen molar-refractivity contribution in [3.63, 3.8) is 0 Å². The highest BCUT2D eigenvalue weighted by Crippen LogP contribution is 2.20. The summed E-state index contributed by atoms with van der Waals surface area (Å²) in [6, 6.07) is 0.940. The molecule has 1 amide bonds. The molecule has 3 heteroatoms. The molecule has 0 aromatic carbocycles. The van der Waals surface area contributed by atoms with Crippen LogP contribution >= 0.6 is 0 Å². The Hall–Kier alpha value is -0.570. The van der Waals surface area contributed by atoms with E-state index in [1.165, 1.54) is 44.9 Å². The van der Waals surface area contributed by atoms with E-state index in [0.29, 0.717) is 18.0 Å². The highest BCUT2D eigenvalue weighted by molar-refractivity contribution is 5.79. The van der Waals surface area contributed by atoms with Crippen molar-refractivity contribution in [1.29, 1.82) is 0 Å². The van der Waals surface area contributed by atoms with E-state index < -0.39 is 0 Å². The van der Waals surface area contributed by atoms with Crippen molar-refractivity contribution >= 4 is 5.91 Å². The maximum Gasteiger partial charge on any atom is 0.223 e. The van der Waals surface area contributed by atoms with Gasteiger partial charge < -0.3 is 10.6 Å². The van der Waals surface area contributed by atoms with E-state index in [2.05, 4.69) is 17.6 Å². The van der Waals surface area contributed by atoms with Gasteiger partial charge in [0.1, 0.15) is 0 Å². The van der Waals surface area contributed by atoms with Gasteiger partial charge in [-0.2, -0.15) is 0 Å². The molecule has 2 aliphatic rings. The molecule has 1 aliphatic carbocycles. The third kappa shape index (κ3) is 4.27. The number of carbonyl (C=O) groups excluding carboxylic acids is 1. The van der Waals surface area contributed by atoms with Crippen molar-refractivity contribution in [2.75, 3.05) is 6.54 Å². The number of piperidine rings is 1. The van der Waals surface area contributed by atoms with E-state index in [9.17, 15) is 4.79 Å². The summed E-state index contributed by atoms with van der Waals surface area (Å²) in [5.74, 6) is 0.556. The Morgan fingerprint density at radius 2 is 1.72 bits per heavy atom. The van der Waals surface area contributed by atoms with Crippen molar-refractivity contribution < 1.29 is 4.79 Å². The Morgan fingerprint density at radius 1 is 1.06 bits per heavy atom. The summed E-state index contributed by atoms with van der Waals surface area (Å²) in [5, 5.41) is 6.72. The third-order valence-electron chi connectivity index (χ3n) is 4.45. The molecule has 1 heterocycles. The van der Waals surface area contributed by atoms with Crippen molar-refractivity contribution in [3.8, 4) is 0 Å². The predicted molar refractivity (Wildman–Crippen MR) is 74.4 cm³/mol. The Labute approximate surface area is 111 Å². The van der Waals surface area contributed by atoms with Crippen LogP contribution in [-0.4, -0.2) is 24.5 Å². The molecule has 104 valence electrons. The lowest BCUT2D eigenvalue weighted by Gasteiger charge is -2.29. The number of carbonyl (C=O) groups is 1. The van der Waals surface area contributed by atoms with Crippen molar-refractivity contribution in [2.24, 2.45) is 5.92 Å². The lowest BCUT2D eigenvalue weighted by Crippen LogP contribution is -2.45. The normalized spacial score (nSPS) is 31.4. The van der Waals surface area contributed by atoms with Gasteiger partial charge in [-0.25, -0.2) is 0 Å². The van der Waals surface area contributed by atoms with Crippen LogP contribution in [-0.2, 0) is 4.79 Å². The fourth-order valence-electron chi connectivity index (χ4n) is 3.29. The molecule has 18 heavy (non-hydrogen) atoms. The smallest absolute Gasteiger partial charge is 0.223 e. The summed E-state index contributed by atoms with van der Waals surface area (Å²) in [5.41, 5.74) is 0. The van der Waals surface area contributed by atoms with Crippen LogP contribution in [0, 0.1) is 5.92 Å². The summed E-state index contributed by atoms with van der Waals surface area (Å²) in [6.07, 6.45) is 11.0. The first kappa shape index (κ1) is 13.9. The van der Waals surface area contributed by atoms with Crippen molar-refractivity contribution in [1.82, 2.24) is 10.6 Å². The fourth-order valence-corrected chi connectivity index (χ4v) is 3.29. The first-order chi connectivity index (χ1) is 8.75. The van der Waals surface area contributed by atoms with Crippen LogP contribution in [0.15, 0.2) is 0 Å². The third-order valence-corrected chi connectivity index (χ3v) is 4.45. The van der Waals surface area contributed by atoms with Gasteiger partial charge in [0.25, 0.3) is 0 Å². The SMILES string of the molecule is CC1CC(C(=O)NC2CCCCCCC2)CCN1. The molecule has 2 fully saturated rings. The molecule has 0 spiro atoms. The van der Waals surface area contributed by atoms with E-state index in [4.69, 9.17) is 0 Å². The van der Waals surface area contributed by atoms with Crippen molar-refractivity contribution in [3.05, 3.63) is 0 Å². The van der Waals surface area contributed by atoms with Gasteiger partial charge in [0.05, 0.1) is 0 Å². The molecule has 2 N–H and O–H groups in total. The molecule has 0 aromatic heterocycles. The lowest BCUT2D eigenvalue weighted by molar-refractivity contribution is -0.126. The Balaban J connectivity index is 1.77. The van der Waals surface area contributed by atoms with E-state index in [1.807, 2.05) is 0 Å². The highest BCUT2D eigenvalue weighted by Gasteiger charge is 2.26. The summed E-state index contributed by atoms with van der Waals surface area (Å²) in [4.78, 5) is 12.3. The molecule has 0 aromatic rings. The minimum Gasteiger partial charge on any atom is -0.353 e. The quantitative estimate of drug-likeness (QED) is 0.793. The van der Waals surface area contributed by atoms with Crippen LogP contribution in [0.1, 0.15) is 64.7 Å². The fraction of sp³-hybridized carbons (Fsp3) is 0.933. The van der Waals surface area contributed by atoms with E-state index >= 15 is 0 Å². The molecule has 1 aliphatic heterocycles. The predicted octanol–water partition coefficient (Wildman–Crippen LogP) is 2.60. The van der Waals surface area contributed by atoms with Crippen LogP contribution in [0.4, 0.5) is 0 Å². The first-order valence-electron chi connectivity index (χ1n) is 7.79. The first-order valence-corrected chi connectivity index (χ1v) is 7.79. The monoisotopic (exact) mass is 252 g/mol. The van der Waals surface area contributed by atoms with E-state index in [0.717, 1.165) is 19.4 Å². The molecule has 1 saturated heterocycles. The summed E-state index contributed by atoms with van der Waals surface area (Å²) < 4.78 is 0. The van der Waals surface area contributed by atoms with Gasteiger partial charge in [-0.1, -0.05) is 32.1 Å². The molecular formula is C15H28N2O. The minimum absolute atomic E-state index is 0.242. The van der Waals surface area contributed by atoms with Crippen LogP contribution in [0.5, 0.6) is 0 Å². The maximum atomic E-state index is 12.3. The molecule has 1 saturated carbocycles. The molecule has 2 atom stereocenters. The van der Waals surface area contributed by atoms with Gasteiger partial charge in [0, 0.05) is 18.0 Å². The van der Waals surface area contributed by atoms with Crippen LogP contribution in [0.25, 0.3) is 0 Å². The second-order valence-corrected chi connectivity index (χ2v) is 6.13. The maximum absolute atomic E-state index is 12.3. The van der Waals surface area contributed by atoms with Gasteiger partial charge in [-0.3, -0.25) is 4.79 Å². The zero-order chi connectivity index (χ0) is 12.8. The number of rotatable bonds is 2. The summed E-state index contributed by atoms with van der Waals surface area (Å²) >= 11 is 0. The van der Waals surface area contributed by atoms with Gasteiger partial charge in [0.2, 0.25) is 5.91 Å². The number of hydrogen-bond acceptors (Lipinski definition) is 2. The second-order valence-electron chi connectivity index (χ2n) is 6.13. The summed E-state index contributed by atoms with van der Waals surface area (Å²) in [6.45, 7) is 3.17. The van der Waals surface area contributed by atoms with E-state index in [-0.39, 0.29) is 5.92 Å². The summed E-state index contributed by atoms with van der Waals surface area (Å²) in [7, 11) is 0. The molecule has 2 rings (SSSR count). The highest BCUT2D eigenvalue weighted by atomic mass is 16.1. The molecule has 0 bridgehead atoms. The van der Waals surface area contributed by atoms with Crippen LogP contribution in [0.3, 0.4) is 0 Å². The average molecular weight is 252 g/mol. The topological polar surface area (TPSA) is 41.1 Å². The Bertz CT molecular complexity index is 259. The van der Waals surface area contributed by atoms with Gasteiger partial charge in [-0.05, 0) is 39.2 Å². The van der Waals surface area contributed by atoms with Crippen LogP contribution in [0.2, 0.25) is 0 Å². The van der Waals surface area contributed by atoms with Gasteiger partial charge >= 0.3 is 0 Å². The van der Waals surface area contributed by atoms with Crippen LogP contribution < -0.4 is 10.6 Å². The number of hydrogen-bond donors (Lipinski definition) is 2. The molecular weight excluding hydrogens is 224 g/mol. The zero-order valence-corrected chi connectivity index (χ0v) is 11.7. The number of nitrogens with one attached hydrogen (secondary N) is 2. The van der Waals surface area contributed by atoms with E-state index in [1.54, 1.807) is 0 Å². The number of amides is 1. The van der Waals surface area contributed by atoms with Crippen molar-refractivity contribution in [2.45, 2.75) is 76.8 Å². The second kappa shape index (κ2) is 7.13. The standard InChI is InChI=1S/C15H28N2O/c1-12-11-13(9-10-16-12)15(18)17-14-7-5-3-2-4-6-8-14/h12-14,16H,2-11H2,1H3,(H,17,18). The zero-order valence-electron chi connectivity index (χ0n) is 11.7.